The Morgan fingerprint density at radius 1 is 1.28 bits per heavy atom. The van der Waals surface area contributed by atoms with Crippen LogP contribution in [-0.4, -0.2) is 18.6 Å². The summed E-state index contributed by atoms with van der Waals surface area (Å²) in [6, 6.07) is 6.34. The standard InChI is InChI=1S/C15H20N2O/c1-10-7-15(18-3)11(2)6-13(10)14(8-16)12-4-5-17-9-12/h4-7,9,14,17H,8,16H2,1-3H3. The molecule has 3 heteroatoms. The number of aryl methyl sites for hydroxylation is 2. The molecule has 1 aromatic carbocycles. The van der Waals surface area contributed by atoms with E-state index in [1.807, 2.05) is 12.4 Å². The molecular weight excluding hydrogens is 224 g/mol. The Bertz CT molecular complexity index is 518. The molecule has 96 valence electrons. The fourth-order valence-corrected chi connectivity index (χ4v) is 2.40. The lowest BCUT2D eigenvalue weighted by atomic mass is 9.88. The summed E-state index contributed by atoms with van der Waals surface area (Å²) in [5, 5.41) is 0. The Labute approximate surface area is 108 Å². The van der Waals surface area contributed by atoms with Crippen LogP contribution in [0.25, 0.3) is 0 Å². The van der Waals surface area contributed by atoms with Crippen LogP contribution in [0.3, 0.4) is 0 Å². The number of hydrogen-bond donors (Lipinski definition) is 2. The summed E-state index contributed by atoms with van der Waals surface area (Å²) in [5.41, 5.74) is 10.8. The summed E-state index contributed by atoms with van der Waals surface area (Å²) >= 11 is 0. The van der Waals surface area contributed by atoms with Gasteiger partial charge in [0.15, 0.2) is 0 Å². The number of ether oxygens (including phenoxy) is 1. The van der Waals surface area contributed by atoms with Crippen molar-refractivity contribution in [1.82, 2.24) is 4.98 Å². The van der Waals surface area contributed by atoms with E-state index in [1.54, 1.807) is 7.11 Å². The first-order chi connectivity index (χ1) is 8.67. The van der Waals surface area contributed by atoms with Gasteiger partial charge in [0.1, 0.15) is 5.75 Å². The number of H-pyrrole nitrogens is 1. The van der Waals surface area contributed by atoms with Crippen LogP contribution < -0.4 is 10.5 Å². The molecule has 0 aliphatic rings. The highest BCUT2D eigenvalue weighted by Gasteiger charge is 2.16. The Morgan fingerprint density at radius 3 is 2.61 bits per heavy atom. The normalized spacial score (nSPS) is 12.4. The number of aromatic nitrogens is 1. The van der Waals surface area contributed by atoms with E-state index in [9.17, 15) is 0 Å². The zero-order chi connectivity index (χ0) is 13.1. The second kappa shape index (κ2) is 5.27. The molecule has 3 nitrogen and oxygen atoms in total. The number of hydrogen-bond acceptors (Lipinski definition) is 2. The molecule has 1 aromatic heterocycles. The molecule has 0 spiro atoms. The third kappa shape index (κ3) is 2.27. The van der Waals surface area contributed by atoms with Gasteiger partial charge in [-0.2, -0.15) is 0 Å². The maximum Gasteiger partial charge on any atom is 0.122 e. The van der Waals surface area contributed by atoms with Crippen molar-refractivity contribution in [1.29, 1.82) is 0 Å². The maximum atomic E-state index is 5.94. The van der Waals surface area contributed by atoms with Gasteiger partial charge in [0.05, 0.1) is 7.11 Å². The summed E-state index contributed by atoms with van der Waals surface area (Å²) < 4.78 is 5.35. The second-order valence-electron chi connectivity index (χ2n) is 4.61. The van der Waals surface area contributed by atoms with Gasteiger partial charge in [-0.1, -0.05) is 6.07 Å². The van der Waals surface area contributed by atoms with Gasteiger partial charge in [-0.3, -0.25) is 0 Å². The second-order valence-corrected chi connectivity index (χ2v) is 4.61. The van der Waals surface area contributed by atoms with E-state index in [0.29, 0.717) is 6.54 Å². The largest absolute Gasteiger partial charge is 0.496 e. The van der Waals surface area contributed by atoms with Crippen LogP contribution in [0.1, 0.15) is 28.2 Å². The van der Waals surface area contributed by atoms with Gasteiger partial charge in [0.25, 0.3) is 0 Å². The van der Waals surface area contributed by atoms with E-state index in [1.165, 1.54) is 16.7 Å². The van der Waals surface area contributed by atoms with Crippen LogP contribution in [-0.2, 0) is 0 Å². The van der Waals surface area contributed by atoms with E-state index < -0.39 is 0 Å². The highest BCUT2D eigenvalue weighted by Crippen LogP contribution is 2.30. The van der Waals surface area contributed by atoms with Crippen LogP contribution in [0.15, 0.2) is 30.6 Å². The van der Waals surface area contributed by atoms with Gasteiger partial charge in [0, 0.05) is 24.9 Å². The lowest BCUT2D eigenvalue weighted by molar-refractivity contribution is 0.411. The molecule has 0 fully saturated rings. The van der Waals surface area contributed by atoms with Gasteiger partial charge in [-0.15, -0.1) is 0 Å². The van der Waals surface area contributed by atoms with Gasteiger partial charge < -0.3 is 15.5 Å². The SMILES string of the molecule is COc1cc(C)c(C(CN)c2cc[nH]c2)cc1C. The first kappa shape index (κ1) is 12.7. The number of benzene rings is 1. The summed E-state index contributed by atoms with van der Waals surface area (Å²) in [4.78, 5) is 3.09. The fourth-order valence-electron chi connectivity index (χ4n) is 2.40. The molecule has 2 rings (SSSR count). The Hall–Kier alpha value is -1.74. The molecule has 0 radical (unpaired) electrons. The molecule has 3 N–H and O–H groups in total. The zero-order valence-electron chi connectivity index (χ0n) is 11.2. The molecule has 0 amide bonds. The van der Waals surface area contributed by atoms with Crippen LogP contribution in [0, 0.1) is 13.8 Å². The maximum absolute atomic E-state index is 5.94. The van der Waals surface area contributed by atoms with Crippen molar-refractivity contribution in [2.75, 3.05) is 13.7 Å². The average Bonchev–Trinajstić information content (AvgIpc) is 2.87. The summed E-state index contributed by atoms with van der Waals surface area (Å²) in [7, 11) is 1.70. The predicted molar refractivity (Wildman–Crippen MR) is 74.2 cm³/mol. The van der Waals surface area contributed by atoms with Crippen molar-refractivity contribution in [3.63, 3.8) is 0 Å². The first-order valence-electron chi connectivity index (χ1n) is 6.15. The summed E-state index contributed by atoms with van der Waals surface area (Å²) in [6.07, 6.45) is 3.94. The molecule has 0 aliphatic heterocycles. The van der Waals surface area contributed by atoms with Crippen molar-refractivity contribution >= 4 is 0 Å². The summed E-state index contributed by atoms with van der Waals surface area (Å²) in [6.45, 7) is 4.77. The number of nitrogens with two attached hydrogens (primary N) is 1. The van der Waals surface area contributed by atoms with Gasteiger partial charge in [0.2, 0.25) is 0 Å². The van der Waals surface area contributed by atoms with Crippen molar-refractivity contribution in [3.05, 3.63) is 52.8 Å². The molecule has 18 heavy (non-hydrogen) atoms. The van der Waals surface area contributed by atoms with E-state index in [0.717, 1.165) is 11.3 Å². The predicted octanol–water partition coefficient (Wildman–Crippen LogP) is 2.73. The molecule has 1 atom stereocenters. The molecular formula is C15H20N2O. The Kier molecular flexibility index (Phi) is 3.72. The molecule has 0 bridgehead atoms. The molecule has 2 aromatic rings. The lowest BCUT2D eigenvalue weighted by Crippen LogP contribution is -2.14. The van der Waals surface area contributed by atoms with Gasteiger partial charge in [-0.05, 0) is 48.2 Å². The van der Waals surface area contributed by atoms with Crippen molar-refractivity contribution in [2.45, 2.75) is 19.8 Å². The third-order valence-corrected chi connectivity index (χ3v) is 3.42. The third-order valence-electron chi connectivity index (χ3n) is 3.42. The lowest BCUT2D eigenvalue weighted by Gasteiger charge is -2.19. The fraction of sp³-hybridized carbons (Fsp3) is 0.333. The molecule has 0 aliphatic carbocycles. The van der Waals surface area contributed by atoms with Crippen molar-refractivity contribution in [2.24, 2.45) is 5.73 Å². The van der Waals surface area contributed by atoms with Crippen molar-refractivity contribution in [3.8, 4) is 5.75 Å². The average molecular weight is 244 g/mol. The Balaban J connectivity index is 2.46. The van der Waals surface area contributed by atoms with E-state index >= 15 is 0 Å². The topological polar surface area (TPSA) is 51.0 Å². The number of methoxy groups -OCH3 is 1. The van der Waals surface area contributed by atoms with Gasteiger partial charge >= 0.3 is 0 Å². The van der Waals surface area contributed by atoms with E-state index in [-0.39, 0.29) is 5.92 Å². The van der Waals surface area contributed by atoms with E-state index in [4.69, 9.17) is 10.5 Å². The number of rotatable bonds is 4. The highest BCUT2D eigenvalue weighted by atomic mass is 16.5. The van der Waals surface area contributed by atoms with Crippen LogP contribution >= 0.6 is 0 Å². The number of nitrogens with one attached hydrogen (secondary N) is 1. The smallest absolute Gasteiger partial charge is 0.122 e. The summed E-state index contributed by atoms with van der Waals surface area (Å²) in [5.74, 6) is 1.17. The molecule has 1 unspecified atom stereocenters. The monoisotopic (exact) mass is 244 g/mol. The minimum absolute atomic E-state index is 0.237. The molecule has 0 saturated carbocycles. The quantitative estimate of drug-likeness (QED) is 0.868. The minimum Gasteiger partial charge on any atom is -0.496 e. The van der Waals surface area contributed by atoms with Crippen molar-refractivity contribution < 1.29 is 4.74 Å². The van der Waals surface area contributed by atoms with Crippen LogP contribution in [0.5, 0.6) is 5.75 Å². The Morgan fingerprint density at radius 2 is 2.06 bits per heavy atom. The highest BCUT2D eigenvalue weighted by molar-refractivity contribution is 5.46. The first-order valence-corrected chi connectivity index (χ1v) is 6.15. The molecule has 0 saturated heterocycles. The van der Waals surface area contributed by atoms with Crippen LogP contribution in [0.4, 0.5) is 0 Å². The minimum atomic E-state index is 0.237. The number of aromatic amines is 1. The van der Waals surface area contributed by atoms with Crippen LogP contribution in [0.2, 0.25) is 0 Å². The van der Waals surface area contributed by atoms with Gasteiger partial charge in [-0.25, -0.2) is 0 Å². The zero-order valence-corrected chi connectivity index (χ0v) is 11.2. The molecule has 1 heterocycles. The van der Waals surface area contributed by atoms with E-state index in [2.05, 4.69) is 37.0 Å².